The quantitative estimate of drug-likeness (QED) is 0.873. The summed E-state index contributed by atoms with van der Waals surface area (Å²) in [7, 11) is 0. The molecule has 0 aliphatic carbocycles. The molecule has 98 valence electrons. The molecule has 0 saturated carbocycles. The number of halogens is 1. The molecule has 0 unspecified atom stereocenters. The van der Waals surface area contributed by atoms with E-state index in [0.717, 1.165) is 18.4 Å². The second kappa shape index (κ2) is 5.48. The molecule has 3 nitrogen and oxygen atoms in total. The van der Waals surface area contributed by atoms with Crippen molar-refractivity contribution in [2.45, 2.75) is 19.8 Å². The fourth-order valence-electron chi connectivity index (χ4n) is 2.28. The van der Waals surface area contributed by atoms with Gasteiger partial charge in [-0.3, -0.25) is 4.79 Å². The lowest BCUT2D eigenvalue weighted by Crippen LogP contribution is -2.39. The topological polar surface area (TPSA) is 40.5 Å². The molecule has 1 saturated heterocycles. The Hall–Kier alpha value is -1.42. The summed E-state index contributed by atoms with van der Waals surface area (Å²) in [5, 5.41) is 9.04. The third-order valence-electron chi connectivity index (χ3n) is 3.51. The van der Waals surface area contributed by atoms with Crippen LogP contribution in [0.15, 0.2) is 18.2 Å². The molecule has 0 spiro atoms. The minimum Gasteiger partial charge on any atom is -0.396 e. The Balaban J connectivity index is 2.08. The summed E-state index contributed by atoms with van der Waals surface area (Å²) in [6.45, 7) is 3.15. The van der Waals surface area contributed by atoms with Crippen molar-refractivity contribution in [2.24, 2.45) is 5.92 Å². The molecule has 0 atom stereocenters. The lowest BCUT2D eigenvalue weighted by molar-refractivity contribution is 0.0646. The predicted octanol–water partition coefficient (Wildman–Crippen LogP) is 1.98. The maximum absolute atomic E-state index is 13.7. The van der Waals surface area contributed by atoms with Crippen LogP contribution in [-0.2, 0) is 0 Å². The van der Waals surface area contributed by atoms with Gasteiger partial charge in [-0.15, -0.1) is 0 Å². The number of likely N-dealkylation sites (tertiary alicyclic amines) is 1. The van der Waals surface area contributed by atoms with Crippen LogP contribution in [0.25, 0.3) is 0 Å². The summed E-state index contributed by atoms with van der Waals surface area (Å²) >= 11 is 0. The molecule has 4 heteroatoms. The van der Waals surface area contributed by atoms with E-state index in [0.29, 0.717) is 13.1 Å². The van der Waals surface area contributed by atoms with E-state index in [1.165, 1.54) is 6.07 Å². The highest BCUT2D eigenvalue weighted by atomic mass is 19.1. The first-order chi connectivity index (χ1) is 8.61. The molecule has 0 aromatic heterocycles. The van der Waals surface area contributed by atoms with Crippen molar-refractivity contribution in [3.63, 3.8) is 0 Å². The van der Waals surface area contributed by atoms with Gasteiger partial charge in [-0.25, -0.2) is 4.39 Å². The summed E-state index contributed by atoms with van der Waals surface area (Å²) < 4.78 is 13.7. The number of aliphatic hydroxyl groups excluding tert-OH is 1. The number of aryl methyl sites for hydroxylation is 1. The Kier molecular flexibility index (Phi) is 3.97. The van der Waals surface area contributed by atoms with Crippen LogP contribution < -0.4 is 0 Å². The molecular formula is C14H18FNO2. The van der Waals surface area contributed by atoms with Crippen LogP contribution in [0.2, 0.25) is 0 Å². The smallest absolute Gasteiger partial charge is 0.256 e. The van der Waals surface area contributed by atoms with Gasteiger partial charge in [0.15, 0.2) is 0 Å². The Morgan fingerprint density at radius 2 is 2.11 bits per heavy atom. The second-order valence-corrected chi connectivity index (χ2v) is 4.90. The van der Waals surface area contributed by atoms with Crippen LogP contribution in [-0.4, -0.2) is 35.6 Å². The summed E-state index contributed by atoms with van der Waals surface area (Å²) in [6, 6.07) is 4.68. The number of piperidine rings is 1. The molecule has 1 N–H and O–H groups in total. The van der Waals surface area contributed by atoms with Crippen molar-refractivity contribution >= 4 is 5.91 Å². The lowest BCUT2D eigenvalue weighted by Gasteiger charge is -2.31. The third-order valence-corrected chi connectivity index (χ3v) is 3.51. The van der Waals surface area contributed by atoms with Crippen molar-refractivity contribution in [1.29, 1.82) is 0 Å². The average molecular weight is 251 g/mol. The van der Waals surface area contributed by atoms with Crippen molar-refractivity contribution in [2.75, 3.05) is 19.7 Å². The first-order valence-electron chi connectivity index (χ1n) is 6.28. The number of rotatable bonds is 2. The van der Waals surface area contributed by atoms with E-state index in [4.69, 9.17) is 5.11 Å². The first-order valence-corrected chi connectivity index (χ1v) is 6.28. The van der Waals surface area contributed by atoms with Crippen molar-refractivity contribution in [1.82, 2.24) is 4.90 Å². The Bertz CT molecular complexity index is 439. The summed E-state index contributed by atoms with van der Waals surface area (Å²) in [5.74, 6) is -0.426. The number of amides is 1. The van der Waals surface area contributed by atoms with Crippen molar-refractivity contribution in [3.8, 4) is 0 Å². The summed E-state index contributed by atoms with van der Waals surface area (Å²) in [5.41, 5.74) is 0.950. The van der Waals surface area contributed by atoms with Gasteiger partial charge in [-0.1, -0.05) is 6.07 Å². The number of aliphatic hydroxyl groups is 1. The highest BCUT2D eigenvalue weighted by Crippen LogP contribution is 2.20. The molecule has 0 radical (unpaired) electrons. The molecule has 0 bridgehead atoms. The van der Waals surface area contributed by atoms with Gasteiger partial charge in [0.05, 0.1) is 5.56 Å². The molecule has 1 aromatic rings. The standard InChI is InChI=1S/C14H18FNO2/c1-10-2-3-12(13(15)8-10)14(18)16-6-4-11(9-17)5-7-16/h2-3,8,11,17H,4-7,9H2,1H3. The molecular weight excluding hydrogens is 233 g/mol. The summed E-state index contributed by atoms with van der Waals surface area (Å²) in [4.78, 5) is 13.8. The molecule has 1 aromatic carbocycles. The zero-order valence-corrected chi connectivity index (χ0v) is 10.5. The van der Waals surface area contributed by atoms with E-state index in [9.17, 15) is 9.18 Å². The summed E-state index contributed by atoms with van der Waals surface area (Å²) in [6.07, 6.45) is 1.57. The van der Waals surface area contributed by atoms with Gasteiger partial charge in [-0.05, 0) is 43.4 Å². The third kappa shape index (κ3) is 2.70. The van der Waals surface area contributed by atoms with E-state index >= 15 is 0 Å². The van der Waals surface area contributed by atoms with Gasteiger partial charge < -0.3 is 10.0 Å². The van der Waals surface area contributed by atoms with Crippen LogP contribution >= 0.6 is 0 Å². The highest BCUT2D eigenvalue weighted by molar-refractivity contribution is 5.94. The molecule has 1 amide bonds. The zero-order chi connectivity index (χ0) is 13.1. The Morgan fingerprint density at radius 3 is 2.67 bits per heavy atom. The van der Waals surface area contributed by atoms with Crippen LogP contribution in [0.1, 0.15) is 28.8 Å². The number of hydrogen-bond donors (Lipinski definition) is 1. The van der Waals surface area contributed by atoms with Gasteiger partial charge >= 0.3 is 0 Å². The van der Waals surface area contributed by atoms with E-state index in [-0.39, 0.29) is 24.0 Å². The largest absolute Gasteiger partial charge is 0.396 e. The highest BCUT2D eigenvalue weighted by Gasteiger charge is 2.24. The van der Waals surface area contributed by atoms with E-state index in [1.807, 2.05) is 0 Å². The number of carbonyl (C=O) groups excluding carboxylic acids is 1. The van der Waals surface area contributed by atoms with Crippen molar-refractivity contribution < 1.29 is 14.3 Å². The zero-order valence-electron chi connectivity index (χ0n) is 10.5. The number of hydrogen-bond acceptors (Lipinski definition) is 2. The van der Waals surface area contributed by atoms with E-state index in [1.54, 1.807) is 24.0 Å². The molecule has 2 rings (SSSR count). The molecule has 1 aliphatic heterocycles. The SMILES string of the molecule is Cc1ccc(C(=O)N2CCC(CO)CC2)c(F)c1. The molecule has 1 aliphatic rings. The normalized spacial score (nSPS) is 16.9. The fourth-order valence-corrected chi connectivity index (χ4v) is 2.28. The predicted molar refractivity (Wildman–Crippen MR) is 66.9 cm³/mol. The number of benzene rings is 1. The van der Waals surface area contributed by atoms with Crippen LogP contribution in [0, 0.1) is 18.7 Å². The van der Waals surface area contributed by atoms with E-state index in [2.05, 4.69) is 0 Å². The molecule has 18 heavy (non-hydrogen) atoms. The minimum atomic E-state index is -0.454. The lowest BCUT2D eigenvalue weighted by atomic mass is 9.97. The monoisotopic (exact) mass is 251 g/mol. The second-order valence-electron chi connectivity index (χ2n) is 4.90. The fraction of sp³-hybridized carbons (Fsp3) is 0.500. The Morgan fingerprint density at radius 1 is 1.44 bits per heavy atom. The molecule has 1 heterocycles. The van der Waals surface area contributed by atoms with Crippen LogP contribution in [0.4, 0.5) is 4.39 Å². The van der Waals surface area contributed by atoms with E-state index < -0.39 is 5.82 Å². The van der Waals surface area contributed by atoms with Crippen LogP contribution in [0.5, 0.6) is 0 Å². The number of nitrogens with zero attached hydrogens (tertiary/aromatic N) is 1. The average Bonchev–Trinajstić information content (AvgIpc) is 2.38. The Labute approximate surface area is 106 Å². The maximum atomic E-state index is 13.7. The van der Waals surface area contributed by atoms with Gasteiger partial charge in [0.1, 0.15) is 5.82 Å². The molecule has 1 fully saturated rings. The van der Waals surface area contributed by atoms with Gasteiger partial charge in [0.2, 0.25) is 0 Å². The van der Waals surface area contributed by atoms with Crippen LogP contribution in [0.3, 0.4) is 0 Å². The van der Waals surface area contributed by atoms with Gasteiger partial charge in [0, 0.05) is 19.7 Å². The minimum absolute atomic E-state index is 0.142. The van der Waals surface area contributed by atoms with Gasteiger partial charge in [0.25, 0.3) is 5.91 Å². The number of carbonyl (C=O) groups is 1. The first kappa shape index (κ1) is 13.0. The van der Waals surface area contributed by atoms with Crippen molar-refractivity contribution in [3.05, 3.63) is 35.1 Å². The maximum Gasteiger partial charge on any atom is 0.256 e. The van der Waals surface area contributed by atoms with Gasteiger partial charge in [-0.2, -0.15) is 0 Å².